The third-order valence-electron chi connectivity index (χ3n) is 3.36. The minimum atomic E-state index is -0.580. The molecular weight excluding hydrogens is 347 g/mol. The van der Waals surface area contributed by atoms with Crippen LogP contribution in [0.25, 0.3) is 11.1 Å². The molecule has 24 heavy (non-hydrogen) atoms. The number of amides is 2. The molecule has 2 N–H and O–H groups in total. The number of hydrogen-bond donors (Lipinski definition) is 2. The third kappa shape index (κ3) is 4.98. The normalized spacial score (nSPS) is 13.0. The largest absolute Gasteiger partial charge is 0.325 e. The lowest BCUT2D eigenvalue weighted by Gasteiger charge is -2.09. The van der Waals surface area contributed by atoms with Gasteiger partial charge in [0.05, 0.1) is 0 Å². The first-order chi connectivity index (χ1) is 11.4. The van der Waals surface area contributed by atoms with E-state index in [1.165, 1.54) is 0 Å². The maximum absolute atomic E-state index is 11.6. The Balaban J connectivity index is 2.06. The molecule has 6 heteroatoms. The second kappa shape index (κ2) is 8.18. The van der Waals surface area contributed by atoms with E-state index in [0.29, 0.717) is 11.4 Å². The minimum absolute atomic E-state index is 0.238. The number of benzene rings is 2. The van der Waals surface area contributed by atoms with Crippen LogP contribution in [-0.2, 0) is 9.59 Å². The van der Waals surface area contributed by atoms with E-state index in [9.17, 15) is 9.59 Å². The van der Waals surface area contributed by atoms with E-state index in [4.69, 9.17) is 23.2 Å². The molecule has 2 amide bonds. The molecule has 0 aromatic heterocycles. The fraction of sp³-hybridized carbons (Fsp3) is 0.222. The summed E-state index contributed by atoms with van der Waals surface area (Å²) in [6, 6.07) is 14.9. The Morgan fingerprint density at radius 3 is 1.25 bits per heavy atom. The summed E-state index contributed by atoms with van der Waals surface area (Å²) >= 11 is 11.5. The van der Waals surface area contributed by atoms with Crippen LogP contribution in [-0.4, -0.2) is 22.6 Å². The molecule has 0 unspecified atom stereocenters. The molecule has 4 nitrogen and oxygen atoms in total. The van der Waals surface area contributed by atoms with Crippen LogP contribution in [0.2, 0.25) is 0 Å². The zero-order valence-corrected chi connectivity index (χ0v) is 14.9. The SMILES string of the molecule is C[C@@H](Cl)C(=O)Nc1ccc(-c2ccc(NC(=O)[C@@H](C)Cl)cc2)cc1. The molecule has 0 aliphatic carbocycles. The molecule has 0 heterocycles. The third-order valence-corrected chi connectivity index (χ3v) is 3.76. The van der Waals surface area contributed by atoms with Gasteiger partial charge in [-0.15, -0.1) is 23.2 Å². The number of rotatable bonds is 5. The number of nitrogens with one attached hydrogen (secondary N) is 2. The van der Waals surface area contributed by atoms with Crippen molar-refractivity contribution in [3.8, 4) is 11.1 Å². The number of carbonyl (C=O) groups excluding carboxylic acids is 2. The zero-order chi connectivity index (χ0) is 17.7. The molecular formula is C18H18Cl2N2O2. The van der Waals surface area contributed by atoms with Crippen molar-refractivity contribution in [1.82, 2.24) is 0 Å². The van der Waals surface area contributed by atoms with E-state index >= 15 is 0 Å². The second-order valence-corrected chi connectivity index (χ2v) is 6.67. The quantitative estimate of drug-likeness (QED) is 0.768. The number of anilines is 2. The van der Waals surface area contributed by atoms with Gasteiger partial charge in [-0.3, -0.25) is 9.59 Å². The fourth-order valence-electron chi connectivity index (χ4n) is 1.98. The van der Waals surface area contributed by atoms with Gasteiger partial charge in [0, 0.05) is 11.4 Å². The average molecular weight is 365 g/mol. The van der Waals surface area contributed by atoms with Crippen molar-refractivity contribution in [2.45, 2.75) is 24.6 Å². The zero-order valence-electron chi connectivity index (χ0n) is 13.3. The fourth-order valence-corrected chi connectivity index (χ4v) is 2.08. The van der Waals surface area contributed by atoms with Crippen LogP contribution < -0.4 is 10.6 Å². The Morgan fingerprint density at radius 1 is 0.708 bits per heavy atom. The van der Waals surface area contributed by atoms with Crippen LogP contribution in [0.5, 0.6) is 0 Å². The average Bonchev–Trinajstić information content (AvgIpc) is 2.56. The molecule has 0 bridgehead atoms. The maximum atomic E-state index is 11.6. The molecule has 126 valence electrons. The molecule has 0 aliphatic heterocycles. The predicted molar refractivity (Wildman–Crippen MR) is 99.8 cm³/mol. The second-order valence-electron chi connectivity index (χ2n) is 5.37. The van der Waals surface area contributed by atoms with Crippen molar-refractivity contribution >= 4 is 46.4 Å². The summed E-state index contributed by atoms with van der Waals surface area (Å²) in [4.78, 5) is 23.1. The molecule has 2 aromatic rings. The van der Waals surface area contributed by atoms with Gasteiger partial charge in [0.15, 0.2) is 0 Å². The first-order valence-electron chi connectivity index (χ1n) is 7.47. The Labute approximate surface area is 151 Å². The van der Waals surface area contributed by atoms with E-state index < -0.39 is 10.8 Å². The summed E-state index contributed by atoms with van der Waals surface area (Å²) < 4.78 is 0. The summed E-state index contributed by atoms with van der Waals surface area (Å²) in [7, 11) is 0. The van der Waals surface area contributed by atoms with E-state index in [-0.39, 0.29) is 11.8 Å². The smallest absolute Gasteiger partial charge is 0.242 e. The van der Waals surface area contributed by atoms with Crippen LogP contribution in [0.1, 0.15) is 13.8 Å². The van der Waals surface area contributed by atoms with Crippen molar-refractivity contribution < 1.29 is 9.59 Å². The van der Waals surface area contributed by atoms with Crippen molar-refractivity contribution in [2.75, 3.05) is 10.6 Å². The molecule has 2 rings (SSSR count). The molecule has 0 saturated heterocycles. The van der Waals surface area contributed by atoms with Gasteiger partial charge in [0.25, 0.3) is 0 Å². The lowest BCUT2D eigenvalue weighted by atomic mass is 10.0. The lowest BCUT2D eigenvalue weighted by Crippen LogP contribution is -2.20. The van der Waals surface area contributed by atoms with Crippen LogP contribution in [0.15, 0.2) is 48.5 Å². The Morgan fingerprint density at radius 2 is 1.00 bits per heavy atom. The van der Waals surface area contributed by atoms with Crippen LogP contribution in [0.4, 0.5) is 11.4 Å². The Kier molecular flexibility index (Phi) is 6.23. The molecule has 0 saturated carbocycles. The van der Waals surface area contributed by atoms with Crippen LogP contribution in [0.3, 0.4) is 0 Å². The summed E-state index contributed by atoms with van der Waals surface area (Å²) in [6.45, 7) is 3.24. The van der Waals surface area contributed by atoms with Crippen molar-refractivity contribution in [3.63, 3.8) is 0 Å². The van der Waals surface area contributed by atoms with Gasteiger partial charge in [-0.2, -0.15) is 0 Å². The summed E-state index contributed by atoms with van der Waals surface area (Å²) in [6.07, 6.45) is 0. The summed E-state index contributed by atoms with van der Waals surface area (Å²) in [5.41, 5.74) is 3.37. The highest BCUT2D eigenvalue weighted by Gasteiger charge is 2.10. The first kappa shape index (κ1) is 18.3. The van der Waals surface area contributed by atoms with Gasteiger partial charge in [0.1, 0.15) is 10.8 Å². The van der Waals surface area contributed by atoms with Gasteiger partial charge in [-0.05, 0) is 49.2 Å². The highest BCUT2D eigenvalue weighted by Crippen LogP contribution is 2.23. The van der Waals surface area contributed by atoms with Gasteiger partial charge >= 0.3 is 0 Å². The van der Waals surface area contributed by atoms with Gasteiger partial charge < -0.3 is 10.6 Å². The number of hydrogen-bond acceptors (Lipinski definition) is 2. The molecule has 2 atom stereocenters. The van der Waals surface area contributed by atoms with Gasteiger partial charge in [-0.1, -0.05) is 24.3 Å². The maximum Gasteiger partial charge on any atom is 0.242 e. The summed E-state index contributed by atoms with van der Waals surface area (Å²) in [5, 5.41) is 4.30. The number of alkyl halides is 2. The Hall–Kier alpha value is -2.04. The number of halogens is 2. The molecule has 0 spiro atoms. The summed E-state index contributed by atoms with van der Waals surface area (Å²) in [5.74, 6) is -0.476. The van der Waals surface area contributed by atoms with E-state index in [0.717, 1.165) is 11.1 Å². The van der Waals surface area contributed by atoms with Gasteiger partial charge in [-0.25, -0.2) is 0 Å². The van der Waals surface area contributed by atoms with Crippen LogP contribution >= 0.6 is 23.2 Å². The Bertz CT molecular complexity index is 647. The lowest BCUT2D eigenvalue weighted by molar-refractivity contribution is -0.116. The van der Waals surface area contributed by atoms with E-state index in [1.807, 2.05) is 48.5 Å². The highest BCUT2D eigenvalue weighted by molar-refractivity contribution is 6.32. The van der Waals surface area contributed by atoms with Crippen molar-refractivity contribution in [3.05, 3.63) is 48.5 Å². The van der Waals surface area contributed by atoms with Crippen molar-refractivity contribution in [2.24, 2.45) is 0 Å². The molecule has 2 aromatic carbocycles. The van der Waals surface area contributed by atoms with E-state index in [1.54, 1.807) is 13.8 Å². The topological polar surface area (TPSA) is 58.2 Å². The molecule has 0 radical (unpaired) electrons. The van der Waals surface area contributed by atoms with Crippen molar-refractivity contribution in [1.29, 1.82) is 0 Å². The predicted octanol–water partition coefficient (Wildman–Crippen LogP) is 4.49. The highest BCUT2D eigenvalue weighted by atomic mass is 35.5. The molecule has 0 fully saturated rings. The number of carbonyl (C=O) groups is 2. The van der Waals surface area contributed by atoms with Gasteiger partial charge in [0.2, 0.25) is 11.8 Å². The standard InChI is InChI=1S/C18H18Cl2N2O2/c1-11(19)17(23)21-15-7-3-13(4-8-15)14-5-9-16(10-6-14)22-18(24)12(2)20/h3-12H,1-2H3,(H,21,23)(H,22,24)/t11-,12-/m1/s1. The minimum Gasteiger partial charge on any atom is -0.325 e. The van der Waals surface area contributed by atoms with E-state index in [2.05, 4.69) is 10.6 Å². The monoisotopic (exact) mass is 364 g/mol. The first-order valence-corrected chi connectivity index (χ1v) is 8.34. The molecule has 0 aliphatic rings. The van der Waals surface area contributed by atoms with Crippen LogP contribution in [0, 0.1) is 0 Å².